The Morgan fingerprint density at radius 2 is 2.11 bits per heavy atom. The highest BCUT2D eigenvalue weighted by molar-refractivity contribution is 9.10. The second kappa shape index (κ2) is 6.08. The van der Waals surface area contributed by atoms with E-state index in [1.54, 1.807) is 6.07 Å². The summed E-state index contributed by atoms with van der Waals surface area (Å²) in [7, 11) is 0. The van der Waals surface area contributed by atoms with Crippen LogP contribution in [0.2, 0.25) is 0 Å². The first-order valence-corrected chi connectivity index (χ1v) is 6.89. The zero-order valence-electron chi connectivity index (χ0n) is 10.4. The second-order valence-electron chi connectivity index (χ2n) is 4.03. The average Bonchev–Trinajstić information content (AvgIpc) is 2.37. The second-order valence-corrected chi connectivity index (χ2v) is 5.32. The molecule has 1 aromatic heterocycles. The van der Waals surface area contributed by atoms with E-state index >= 15 is 0 Å². The average molecular weight is 337 g/mol. The first kappa shape index (κ1) is 13.9. The van der Waals surface area contributed by atoms with Crippen LogP contribution in [0.5, 0.6) is 0 Å². The van der Waals surface area contributed by atoms with Gasteiger partial charge in [-0.25, -0.2) is 9.97 Å². The van der Waals surface area contributed by atoms with Crippen molar-refractivity contribution in [3.8, 4) is 0 Å². The number of benzene rings is 1. The number of nitrogens with zero attached hydrogens (tertiary/aromatic N) is 2. The number of hydrogen-bond donors (Lipinski definition) is 2. The Morgan fingerprint density at radius 1 is 1.37 bits per heavy atom. The minimum atomic E-state index is 0.273. The molecular weight excluding hydrogens is 324 g/mol. The zero-order valence-corrected chi connectivity index (χ0v) is 12.8. The molecule has 2 rings (SSSR count). The summed E-state index contributed by atoms with van der Waals surface area (Å²) in [6.07, 6.45) is 0. The summed E-state index contributed by atoms with van der Waals surface area (Å²) in [6.45, 7) is 2.51. The van der Waals surface area contributed by atoms with Gasteiger partial charge < -0.3 is 11.1 Å². The minimum Gasteiger partial charge on any atom is -0.388 e. The van der Waals surface area contributed by atoms with Gasteiger partial charge in [-0.05, 0) is 24.6 Å². The fourth-order valence-corrected chi connectivity index (χ4v) is 2.12. The van der Waals surface area contributed by atoms with Gasteiger partial charge in [0.2, 0.25) is 5.95 Å². The van der Waals surface area contributed by atoms with Gasteiger partial charge in [0.1, 0.15) is 10.7 Å². The summed E-state index contributed by atoms with van der Waals surface area (Å²) >= 11 is 8.43. The molecule has 6 heteroatoms. The lowest BCUT2D eigenvalue weighted by Gasteiger charge is -2.08. The van der Waals surface area contributed by atoms with Gasteiger partial charge in [0, 0.05) is 16.7 Å². The van der Waals surface area contributed by atoms with Gasteiger partial charge in [-0.2, -0.15) is 0 Å². The molecule has 3 N–H and O–H groups in total. The van der Waals surface area contributed by atoms with Crippen molar-refractivity contribution in [1.29, 1.82) is 0 Å². The fourth-order valence-electron chi connectivity index (χ4n) is 1.59. The number of halogens is 1. The van der Waals surface area contributed by atoms with E-state index < -0.39 is 0 Å². The maximum Gasteiger partial charge on any atom is 0.223 e. The van der Waals surface area contributed by atoms with E-state index in [2.05, 4.69) is 31.2 Å². The van der Waals surface area contributed by atoms with Crippen LogP contribution in [0.4, 0.5) is 5.95 Å². The van der Waals surface area contributed by atoms with E-state index in [9.17, 15) is 0 Å². The van der Waals surface area contributed by atoms with Gasteiger partial charge in [-0.1, -0.05) is 46.3 Å². The highest BCUT2D eigenvalue weighted by atomic mass is 79.9. The van der Waals surface area contributed by atoms with Crippen molar-refractivity contribution < 1.29 is 0 Å². The molecule has 0 aliphatic heterocycles. The number of nitrogens with one attached hydrogen (secondary N) is 1. The highest BCUT2D eigenvalue weighted by Crippen LogP contribution is 2.16. The minimum absolute atomic E-state index is 0.273. The molecule has 0 aliphatic carbocycles. The summed E-state index contributed by atoms with van der Waals surface area (Å²) in [4.78, 5) is 8.85. The van der Waals surface area contributed by atoms with E-state index in [-0.39, 0.29) is 4.99 Å². The normalized spacial score (nSPS) is 10.2. The van der Waals surface area contributed by atoms with E-state index in [0.717, 1.165) is 15.7 Å². The van der Waals surface area contributed by atoms with Crippen molar-refractivity contribution in [2.45, 2.75) is 13.5 Å². The largest absolute Gasteiger partial charge is 0.388 e. The first-order chi connectivity index (χ1) is 9.06. The third kappa shape index (κ3) is 3.71. The quantitative estimate of drug-likeness (QED) is 0.840. The van der Waals surface area contributed by atoms with E-state index in [0.29, 0.717) is 18.2 Å². The van der Waals surface area contributed by atoms with Gasteiger partial charge in [-0.15, -0.1) is 0 Å². The van der Waals surface area contributed by atoms with Crippen molar-refractivity contribution in [1.82, 2.24) is 9.97 Å². The molecule has 19 heavy (non-hydrogen) atoms. The van der Waals surface area contributed by atoms with E-state index in [1.165, 1.54) is 0 Å². The van der Waals surface area contributed by atoms with Crippen LogP contribution in [-0.4, -0.2) is 15.0 Å². The molecule has 0 unspecified atom stereocenters. The van der Waals surface area contributed by atoms with Crippen LogP contribution >= 0.6 is 28.1 Å². The lowest BCUT2D eigenvalue weighted by atomic mass is 10.2. The van der Waals surface area contributed by atoms with Crippen molar-refractivity contribution in [2.24, 2.45) is 5.73 Å². The maximum atomic E-state index is 5.59. The van der Waals surface area contributed by atoms with Crippen molar-refractivity contribution in [3.63, 3.8) is 0 Å². The van der Waals surface area contributed by atoms with Crippen LogP contribution in [0.25, 0.3) is 0 Å². The number of aromatic nitrogens is 2. The highest BCUT2D eigenvalue weighted by Gasteiger charge is 2.05. The third-order valence-corrected chi connectivity index (χ3v) is 3.48. The van der Waals surface area contributed by atoms with Gasteiger partial charge in [0.05, 0.1) is 0 Å². The van der Waals surface area contributed by atoms with Crippen LogP contribution in [0, 0.1) is 6.92 Å². The molecule has 0 aliphatic rings. The molecule has 0 saturated carbocycles. The summed E-state index contributed by atoms with van der Waals surface area (Å²) in [5.41, 5.74) is 8.12. The van der Waals surface area contributed by atoms with Crippen LogP contribution in [0.1, 0.15) is 17.0 Å². The Morgan fingerprint density at radius 3 is 2.79 bits per heavy atom. The molecule has 0 spiro atoms. The Kier molecular flexibility index (Phi) is 4.44. The maximum absolute atomic E-state index is 5.59. The lowest BCUT2D eigenvalue weighted by molar-refractivity contribution is 1.02. The number of thiocarbonyl (C=S) groups is 1. The molecule has 98 valence electrons. The molecule has 1 heterocycles. The number of aryl methyl sites for hydroxylation is 1. The number of nitrogens with two attached hydrogens (primary N) is 1. The third-order valence-electron chi connectivity index (χ3n) is 2.50. The summed E-state index contributed by atoms with van der Waals surface area (Å²) in [5.74, 6) is 0.526. The Hall–Kier alpha value is -1.53. The molecule has 0 bridgehead atoms. The molecule has 0 fully saturated rings. The van der Waals surface area contributed by atoms with E-state index in [4.69, 9.17) is 18.0 Å². The molecule has 2 aromatic rings. The van der Waals surface area contributed by atoms with Gasteiger partial charge >= 0.3 is 0 Å². The van der Waals surface area contributed by atoms with Crippen molar-refractivity contribution in [3.05, 3.63) is 51.8 Å². The zero-order chi connectivity index (χ0) is 13.8. The number of rotatable bonds is 4. The predicted molar refractivity (Wildman–Crippen MR) is 84.1 cm³/mol. The van der Waals surface area contributed by atoms with Crippen LogP contribution in [0.3, 0.4) is 0 Å². The Labute approximate surface area is 125 Å². The molecule has 4 nitrogen and oxygen atoms in total. The van der Waals surface area contributed by atoms with Crippen LogP contribution in [-0.2, 0) is 6.54 Å². The summed E-state index contributed by atoms with van der Waals surface area (Å²) < 4.78 is 1.05. The lowest BCUT2D eigenvalue weighted by Crippen LogP contribution is -2.14. The fraction of sp³-hybridized carbons (Fsp3) is 0.154. The number of anilines is 1. The summed E-state index contributed by atoms with van der Waals surface area (Å²) in [5, 5.41) is 3.17. The molecule has 1 aromatic carbocycles. The van der Waals surface area contributed by atoms with Crippen molar-refractivity contribution >= 4 is 39.1 Å². The van der Waals surface area contributed by atoms with Gasteiger partial charge in [0.15, 0.2) is 0 Å². The standard InChI is InChI=1S/C13H13BrN4S/c1-8-6-11(12(15)19)18-13(17-8)16-7-9-4-2-3-5-10(9)14/h2-6H,7H2,1H3,(H2,15,19)(H,16,17,18). The van der Waals surface area contributed by atoms with Crippen LogP contribution < -0.4 is 11.1 Å². The first-order valence-electron chi connectivity index (χ1n) is 5.69. The molecule has 0 atom stereocenters. The summed E-state index contributed by atoms with van der Waals surface area (Å²) in [6, 6.07) is 9.75. The monoisotopic (exact) mass is 336 g/mol. The topological polar surface area (TPSA) is 63.8 Å². The van der Waals surface area contributed by atoms with E-state index in [1.807, 2.05) is 31.2 Å². The van der Waals surface area contributed by atoms with Crippen molar-refractivity contribution in [2.75, 3.05) is 5.32 Å². The molecule has 0 saturated heterocycles. The van der Waals surface area contributed by atoms with Gasteiger partial charge in [-0.3, -0.25) is 0 Å². The van der Waals surface area contributed by atoms with Crippen LogP contribution in [0.15, 0.2) is 34.8 Å². The Bertz CT molecular complexity index is 615. The number of hydrogen-bond acceptors (Lipinski definition) is 4. The molecule has 0 radical (unpaired) electrons. The molecular formula is C13H13BrN4S. The predicted octanol–water partition coefficient (Wildman–Crippen LogP) is 2.79. The molecule has 0 amide bonds. The smallest absolute Gasteiger partial charge is 0.223 e. The Balaban J connectivity index is 2.16. The van der Waals surface area contributed by atoms with Gasteiger partial charge in [0.25, 0.3) is 0 Å². The SMILES string of the molecule is Cc1cc(C(N)=S)nc(NCc2ccccc2Br)n1.